The normalized spacial score (nSPS) is 12.3. The molecule has 0 aliphatic heterocycles. The topological polar surface area (TPSA) is 49.7 Å². The van der Waals surface area contributed by atoms with Gasteiger partial charge in [0.15, 0.2) is 0 Å². The molecule has 0 heterocycles. The van der Waals surface area contributed by atoms with Crippen LogP contribution in [0.2, 0.25) is 0 Å². The minimum Gasteiger partial charge on any atom is -0.368 e. The predicted octanol–water partition coefficient (Wildman–Crippen LogP) is -0.0740. The number of sulfonamides is 1. The lowest BCUT2D eigenvalue weighted by Crippen LogP contribution is -2.10. The van der Waals surface area contributed by atoms with Crippen LogP contribution in [0.25, 0.3) is 0 Å². The molecule has 0 spiro atoms. The highest BCUT2D eigenvalue weighted by atomic mass is 32.2. The zero-order valence-electron chi connectivity index (χ0n) is 6.40. The Bertz CT molecular complexity index is 206. The van der Waals surface area contributed by atoms with E-state index in [1.165, 1.54) is 6.34 Å². The molecule has 0 radical (unpaired) electrons. The third-order valence-corrected chi connectivity index (χ3v) is 1.95. The first kappa shape index (κ1) is 9.42. The maximum absolute atomic E-state index is 10.7. The monoisotopic (exact) mass is 164 g/mol. The van der Waals surface area contributed by atoms with Gasteiger partial charge in [0.05, 0.1) is 5.75 Å². The molecular formula is C5H12N2O2S. The van der Waals surface area contributed by atoms with Crippen LogP contribution in [0.1, 0.15) is 6.92 Å². The summed E-state index contributed by atoms with van der Waals surface area (Å²) in [4.78, 5) is 1.58. The van der Waals surface area contributed by atoms with Crippen LogP contribution in [0.4, 0.5) is 0 Å². The fraction of sp³-hybridized carbons (Fsp3) is 0.800. The third-order valence-electron chi connectivity index (χ3n) is 0.803. The highest BCUT2D eigenvalue weighted by Gasteiger charge is 2.00. The van der Waals surface area contributed by atoms with E-state index in [1.54, 1.807) is 25.9 Å². The molecule has 0 amide bonds. The van der Waals surface area contributed by atoms with Gasteiger partial charge in [-0.3, -0.25) is 0 Å². The van der Waals surface area contributed by atoms with E-state index >= 15 is 0 Å². The fourth-order valence-corrected chi connectivity index (χ4v) is 0.722. The van der Waals surface area contributed by atoms with Gasteiger partial charge in [0.25, 0.3) is 10.0 Å². The van der Waals surface area contributed by atoms with Crippen molar-refractivity contribution in [2.45, 2.75) is 6.92 Å². The summed E-state index contributed by atoms with van der Waals surface area (Å²) in [6, 6.07) is 0. The van der Waals surface area contributed by atoms with Crippen molar-refractivity contribution in [2.24, 2.45) is 4.40 Å². The molecule has 0 fully saturated rings. The summed E-state index contributed by atoms with van der Waals surface area (Å²) in [7, 11) is 0.247. The Balaban J connectivity index is 4.15. The van der Waals surface area contributed by atoms with Crippen molar-refractivity contribution >= 4 is 16.4 Å². The van der Waals surface area contributed by atoms with Crippen molar-refractivity contribution < 1.29 is 8.42 Å². The molecule has 0 aromatic rings. The maximum atomic E-state index is 10.7. The summed E-state index contributed by atoms with van der Waals surface area (Å²) in [5.74, 6) is 0.0529. The van der Waals surface area contributed by atoms with Gasteiger partial charge in [-0.1, -0.05) is 0 Å². The molecule has 0 atom stereocenters. The molecule has 0 bridgehead atoms. The van der Waals surface area contributed by atoms with Gasteiger partial charge in [-0.05, 0) is 6.92 Å². The first-order chi connectivity index (χ1) is 4.48. The van der Waals surface area contributed by atoms with Crippen molar-refractivity contribution in [1.82, 2.24) is 4.90 Å². The number of hydrogen-bond acceptors (Lipinski definition) is 2. The van der Waals surface area contributed by atoms with E-state index in [0.29, 0.717) is 0 Å². The lowest BCUT2D eigenvalue weighted by Gasteiger charge is -2.00. The Labute approximate surface area is 61.6 Å². The van der Waals surface area contributed by atoms with E-state index in [1.807, 2.05) is 0 Å². The maximum Gasteiger partial charge on any atom is 0.254 e. The zero-order valence-corrected chi connectivity index (χ0v) is 7.22. The van der Waals surface area contributed by atoms with Crippen molar-refractivity contribution in [2.75, 3.05) is 19.8 Å². The Morgan fingerprint density at radius 2 is 2.00 bits per heavy atom. The first-order valence-electron chi connectivity index (χ1n) is 2.92. The molecule has 0 aliphatic rings. The van der Waals surface area contributed by atoms with E-state index < -0.39 is 10.0 Å². The second kappa shape index (κ2) is 3.55. The van der Waals surface area contributed by atoms with Crippen LogP contribution < -0.4 is 0 Å². The van der Waals surface area contributed by atoms with Gasteiger partial charge in [0.1, 0.15) is 6.34 Å². The molecule has 4 nitrogen and oxygen atoms in total. The SMILES string of the molecule is CCS(=O)(=O)/N=C/N(C)C. The molecular weight excluding hydrogens is 152 g/mol. The van der Waals surface area contributed by atoms with Crippen molar-refractivity contribution in [1.29, 1.82) is 0 Å². The molecule has 0 aromatic carbocycles. The number of hydrogen-bond donors (Lipinski definition) is 0. The van der Waals surface area contributed by atoms with E-state index in [0.717, 1.165) is 0 Å². The van der Waals surface area contributed by atoms with Crippen LogP contribution in [0, 0.1) is 0 Å². The summed E-state index contributed by atoms with van der Waals surface area (Å²) in [5.41, 5.74) is 0. The van der Waals surface area contributed by atoms with Crippen LogP contribution in [0.15, 0.2) is 4.40 Å². The van der Waals surface area contributed by atoms with Gasteiger partial charge in [0, 0.05) is 14.1 Å². The van der Waals surface area contributed by atoms with Gasteiger partial charge >= 0.3 is 0 Å². The zero-order chi connectivity index (χ0) is 8.20. The molecule has 0 saturated carbocycles. The Hall–Kier alpha value is -0.580. The smallest absolute Gasteiger partial charge is 0.254 e. The highest BCUT2D eigenvalue weighted by molar-refractivity contribution is 7.90. The average molecular weight is 164 g/mol. The molecule has 0 rings (SSSR count). The fourth-order valence-electron chi connectivity index (χ4n) is 0.241. The molecule has 0 aliphatic carbocycles. The minimum atomic E-state index is -3.19. The van der Waals surface area contributed by atoms with Crippen molar-refractivity contribution in [3.63, 3.8) is 0 Å². The summed E-state index contributed by atoms with van der Waals surface area (Å²) >= 11 is 0. The van der Waals surface area contributed by atoms with Crippen LogP contribution in [-0.4, -0.2) is 39.5 Å². The molecule has 5 heteroatoms. The van der Waals surface area contributed by atoms with Crippen LogP contribution in [-0.2, 0) is 10.0 Å². The van der Waals surface area contributed by atoms with Gasteiger partial charge in [-0.2, -0.15) is 4.40 Å². The van der Waals surface area contributed by atoms with E-state index in [9.17, 15) is 8.42 Å². The Morgan fingerprint density at radius 3 is 2.30 bits per heavy atom. The molecule has 0 saturated heterocycles. The third kappa shape index (κ3) is 4.31. The van der Waals surface area contributed by atoms with Crippen LogP contribution >= 0.6 is 0 Å². The van der Waals surface area contributed by atoms with Gasteiger partial charge in [-0.15, -0.1) is 0 Å². The quantitative estimate of drug-likeness (QED) is 0.433. The summed E-state index contributed by atoms with van der Waals surface area (Å²) in [5, 5.41) is 0. The molecule has 0 unspecified atom stereocenters. The summed E-state index contributed by atoms with van der Waals surface area (Å²) < 4.78 is 24.7. The number of rotatable bonds is 3. The lowest BCUT2D eigenvalue weighted by atomic mass is 11.0. The van der Waals surface area contributed by atoms with Crippen LogP contribution in [0.5, 0.6) is 0 Å². The molecule has 10 heavy (non-hydrogen) atoms. The van der Waals surface area contributed by atoms with Crippen LogP contribution in [0.3, 0.4) is 0 Å². The summed E-state index contributed by atoms with van der Waals surface area (Å²) in [6.45, 7) is 1.56. The van der Waals surface area contributed by atoms with E-state index in [-0.39, 0.29) is 5.75 Å². The van der Waals surface area contributed by atoms with Gasteiger partial charge < -0.3 is 4.90 Å². The van der Waals surface area contributed by atoms with Gasteiger partial charge in [0.2, 0.25) is 0 Å². The summed E-state index contributed by atoms with van der Waals surface area (Å²) in [6.07, 6.45) is 1.28. The number of nitrogens with zero attached hydrogens (tertiary/aromatic N) is 2. The highest BCUT2D eigenvalue weighted by Crippen LogP contribution is 1.88. The molecule has 0 aromatic heterocycles. The Morgan fingerprint density at radius 1 is 1.50 bits per heavy atom. The van der Waals surface area contributed by atoms with Crippen molar-refractivity contribution in [3.8, 4) is 0 Å². The largest absolute Gasteiger partial charge is 0.368 e. The molecule has 0 N–H and O–H groups in total. The standard InChI is InChI=1S/C5H12N2O2S/c1-4-10(8,9)6-5-7(2)3/h5H,4H2,1-3H3/b6-5+. The minimum absolute atomic E-state index is 0.0529. The lowest BCUT2D eigenvalue weighted by molar-refractivity contribution is 0.596. The van der Waals surface area contributed by atoms with Gasteiger partial charge in [-0.25, -0.2) is 8.42 Å². The molecule has 60 valence electrons. The second-order valence-corrected chi connectivity index (χ2v) is 4.01. The Kier molecular flexibility index (Phi) is 3.35. The average Bonchev–Trinajstić information content (AvgIpc) is 1.85. The predicted molar refractivity (Wildman–Crippen MR) is 41.6 cm³/mol. The second-order valence-electron chi connectivity index (χ2n) is 2.06. The van der Waals surface area contributed by atoms with E-state index in [2.05, 4.69) is 4.40 Å². The van der Waals surface area contributed by atoms with Crippen molar-refractivity contribution in [3.05, 3.63) is 0 Å². The first-order valence-corrected chi connectivity index (χ1v) is 4.53. The van der Waals surface area contributed by atoms with E-state index in [4.69, 9.17) is 0 Å².